The maximum atomic E-state index is 6.39. The average molecular weight is 728 g/mol. The van der Waals surface area contributed by atoms with Crippen molar-refractivity contribution in [3.05, 3.63) is 241 Å². The van der Waals surface area contributed by atoms with E-state index in [1.54, 1.807) is 0 Å². The summed E-state index contributed by atoms with van der Waals surface area (Å²) >= 11 is 0. The van der Waals surface area contributed by atoms with E-state index in [1.165, 1.54) is 61.2 Å². The summed E-state index contributed by atoms with van der Waals surface area (Å²) in [5.74, 6) is 0. The molecule has 0 aliphatic heterocycles. The molecule has 0 radical (unpaired) electrons. The van der Waals surface area contributed by atoms with E-state index in [0.29, 0.717) is 0 Å². The van der Waals surface area contributed by atoms with E-state index in [2.05, 4.69) is 212 Å². The van der Waals surface area contributed by atoms with Crippen LogP contribution in [0.3, 0.4) is 0 Å². The van der Waals surface area contributed by atoms with Crippen LogP contribution < -0.4 is 5.32 Å². The molecule has 10 aromatic rings. The first kappa shape index (κ1) is 33.0. The third-order valence-corrected chi connectivity index (χ3v) is 11.7. The molecule has 2 heteroatoms. The van der Waals surface area contributed by atoms with Crippen LogP contribution in [0.1, 0.15) is 22.3 Å². The molecular weight excluding hydrogens is 691 g/mol. The smallest absolute Gasteiger partial charge is 0.136 e. The summed E-state index contributed by atoms with van der Waals surface area (Å²) in [5.41, 5.74) is 18.0. The summed E-state index contributed by atoms with van der Waals surface area (Å²) in [5, 5.41) is 6.06. The number of para-hydroxylation sites is 1. The molecule has 0 fully saturated rings. The van der Waals surface area contributed by atoms with Crippen LogP contribution in [0.15, 0.2) is 223 Å². The minimum Gasteiger partial charge on any atom is -0.456 e. The second-order valence-corrected chi connectivity index (χ2v) is 14.9. The van der Waals surface area contributed by atoms with Crippen molar-refractivity contribution in [3.63, 3.8) is 0 Å². The summed E-state index contributed by atoms with van der Waals surface area (Å²) < 4.78 is 6.39. The van der Waals surface area contributed by atoms with Crippen molar-refractivity contribution in [2.75, 3.05) is 5.32 Å². The van der Waals surface area contributed by atoms with Crippen LogP contribution in [0.5, 0.6) is 0 Å². The number of nitrogens with one attached hydrogen (secondary N) is 1. The van der Waals surface area contributed by atoms with Crippen LogP contribution >= 0.6 is 0 Å². The number of hydrogen-bond acceptors (Lipinski definition) is 2. The molecule has 2 nitrogen and oxygen atoms in total. The standard InChI is InChI=1S/C55H37NO/c1-4-15-37(16-5-1)40-33-41(38-17-6-2-7-18-38)35-45(34-40)56-44-30-28-43(29-31-44)55(42-19-8-3-9-20-42)50-24-12-10-22-49(50)54-46(23-14-25-51(54)55)39-27-32-48-47-21-11-13-26-52(47)57-53(48)36-39/h1-36,56H. The maximum Gasteiger partial charge on any atom is 0.136 e. The first-order chi connectivity index (χ1) is 28.2. The lowest BCUT2D eigenvalue weighted by atomic mass is 9.67. The fourth-order valence-corrected chi connectivity index (χ4v) is 9.20. The molecule has 1 heterocycles. The second-order valence-electron chi connectivity index (χ2n) is 14.9. The molecule has 0 amide bonds. The number of hydrogen-bond donors (Lipinski definition) is 1. The van der Waals surface area contributed by atoms with Crippen LogP contribution in [0, 0.1) is 0 Å². The molecule has 1 aliphatic rings. The Labute approximate surface area is 332 Å². The lowest BCUT2D eigenvalue weighted by Gasteiger charge is -2.34. The van der Waals surface area contributed by atoms with Crippen molar-refractivity contribution >= 4 is 33.3 Å². The van der Waals surface area contributed by atoms with Gasteiger partial charge >= 0.3 is 0 Å². The van der Waals surface area contributed by atoms with Crippen molar-refractivity contribution in [2.45, 2.75) is 5.41 Å². The topological polar surface area (TPSA) is 25.2 Å². The average Bonchev–Trinajstić information content (AvgIpc) is 3.81. The lowest BCUT2D eigenvalue weighted by molar-refractivity contribution is 0.669. The second kappa shape index (κ2) is 13.4. The van der Waals surface area contributed by atoms with Crippen LogP contribution in [0.2, 0.25) is 0 Å². The molecule has 1 unspecified atom stereocenters. The molecule has 9 aromatic carbocycles. The van der Waals surface area contributed by atoms with Crippen molar-refractivity contribution in [2.24, 2.45) is 0 Å². The Morgan fingerprint density at radius 3 is 1.65 bits per heavy atom. The van der Waals surface area contributed by atoms with Gasteiger partial charge in [0.25, 0.3) is 0 Å². The molecule has 57 heavy (non-hydrogen) atoms. The van der Waals surface area contributed by atoms with E-state index in [4.69, 9.17) is 4.42 Å². The molecule has 1 aromatic heterocycles. The minimum atomic E-state index is -0.529. The summed E-state index contributed by atoms with van der Waals surface area (Å²) in [6.45, 7) is 0. The Morgan fingerprint density at radius 1 is 0.333 bits per heavy atom. The van der Waals surface area contributed by atoms with E-state index >= 15 is 0 Å². The monoisotopic (exact) mass is 727 g/mol. The van der Waals surface area contributed by atoms with Crippen LogP contribution in [-0.4, -0.2) is 0 Å². The molecule has 0 saturated carbocycles. The van der Waals surface area contributed by atoms with Crippen molar-refractivity contribution in [3.8, 4) is 44.5 Å². The first-order valence-corrected chi connectivity index (χ1v) is 19.6. The summed E-state index contributed by atoms with van der Waals surface area (Å²) in [7, 11) is 0. The highest BCUT2D eigenvalue weighted by molar-refractivity contribution is 6.06. The van der Waals surface area contributed by atoms with Crippen molar-refractivity contribution in [1.29, 1.82) is 0 Å². The highest BCUT2D eigenvalue weighted by Crippen LogP contribution is 2.58. The van der Waals surface area contributed by atoms with E-state index in [9.17, 15) is 0 Å². The summed E-state index contributed by atoms with van der Waals surface area (Å²) in [6, 6.07) is 78.8. The van der Waals surface area contributed by atoms with E-state index in [0.717, 1.165) is 38.9 Å². The maximum absolute atomic E-state index is 6.39. The third kappa shape index (κ3) is 5.41. The Bertz CT molecular complexity index is 3020. The van der Waals surface area contributed by atoms with E-state index in [1.807, 2.05) is 12.1 Å². The summed E-state index contributed by atoms with van der Waals surface area (Å²) in [4.78, 5) is 0. The Balaban J connectivity index is 1.05. The van der Waals surface area contributed by atoms with Gasteiger partial charge in [-0.05, 0) is 115 Å². The van der Waals surface area contributed by atoms with Gasteiger partial charge in [0.2, 0.25) is 0 Å². The van der Waals surface area contributed by atoms with Gasteiger partial charge in [0.15, 0.2) is 0 Å². The molecule has 11 rings (SSSR count). The molecular formula is C55H37NO. The quantitative estimate of drug-likeness (QED) is 0.177. The SMILES string of the molecule is c1ccc(-c2cc(Nc3ccc(C4(c5ccccc5)c5ccccc5-c5c(-c6ccc7c(c6)oc6ccccc67)cccc54)cc3)cc(-c3ccccc3)c2)cc1. The zero-order valence-corrected chi connectivity index (χ0v) is 31.2. The van der Waals surface area contributed by atoms with Gasteiger partial charge in [-0.15, -0.1) is 0 Å². The normalized spacial score (nSPS) is 14.4. The molecule has 1 N–H and O–H groups in total. The number of benzene rings is 9. The predicted molar refractivity (Wildman–Crippen MR) is 237 cm³/mol. The van der Waals surface area contributed by atoms with Crippen molar-refractivity contribution < 1.29 is 4.42 Å². The molecule has 0 bridgehead atoms. The zero-order chi connectivity index (χ0) is 37.8. The molecule has 0 spiro atoms. The van der Waals surface area contributed by atoms with E-state index < -0.39 is 5.41 Å². The van der Waals surface area contributed by atoms with Gasteiger partial charge in [0.1, 0.15) is 11.2 Å². The minimum absolute atomic E-state index is 0.529. The third-order valence-electron chi connectivity index (χ3n) is 11.7. The molecule has 268 valence electrons. The Hall–Kier alpha value is -7.42. The molecule has 0 saturated heterocycles. The molecule has 1 aliphatic carbocycles. The van der Waals surface area contributed by atoms with Gasteiger partial charge in [-0.3, -0.25) is 0 Å². The van der Waals surface area contributed by atoms with Gasteiger partial charge in [-0.2, -0.15) is 0 Å². The number of fused-ring (bicyclic) bond motifs is 6. The molecule has 1 atom stereocenters. The number of rotatable bonds is 7. The lowest BCUT2D eigenvalue weighted by Crippen LogP contribution is -2.28. The predicted octanol–water partition coefficient (Wildman–Crippen LogP) is 14.7. The van der Waals surface area contributed by atoms with Crippen LogP contribution in [0.4, 0.5) is 11.4 Å². The van der Waals surface area contributed by atoms with Gasteiger partial charge < -0.3 is 9.73 Å². The fraction of sp³-hybridized carbons (Fsp3) is 0.0182. The van der Waals surface area contributed by atoms with E-state index in [-0.39, 0.29) is 0 Å². The highest BCUT2D eigenvalue weighted by Gasteiger charge is 2.46. The fourth-order valence-electron chi connectivity index (χ4n) is 9.20. The first-order valence-electron chi connectivity index (χ1n) is 19.6. The number of anilines is 2. The van der Waals surface area contributed by atoms with Gasteiger partial charge in [-0.1, -0.05) is 170 Å². The Morgan fingerprint density at radius 2 is 0.912 bits per heavy atom. The highest BCUT2D eigenvalue weighted by atomic mass is 16.3. The Kier molecular flexibility index (Phi) is 7.75. The number of furan rings is 1. The van der Waals surface area contributed by atoms with Gasteiger partial charge in [-0.25, -0.2) is 0 Å². The zero-order valence-electron chi connectivity index (χ0n) is 31.2. The summed E-state index contributed by atoms with van der Waals surface area (Å²) in [6.07, 6.45) is 0. The van der Waals surface area contributed by atoms with Crippen LogP contribution in [-0.2, 0) is 5.41 Å². The van der Waals surface area contributed by atoms with Crippen molar-refractivity contribution in [1.82, 2.24) is 0 Å². The van der Waals surface area contributed by atoms with Crippen LogP contribution in [0.25, 0.3) is 66.4 Å². The van der Waals surface area contributed by atoms with Gasteiger partial charge in [0, 0.05) is 22.1 Å². The van der Waals surface area contributed by atoms with Gasteiger partial charge in [0.05, 0.1) is 5.41 Å². The largest absolute Gasteiger partial charge is 0.456 e.